The summed E-state index contributed by atoms with van der Waals surface area (Å²) in [5, 5.41) is 27.3. The molecule has 1 aromatic rings. The van der Waals surface area contributed by atoms with E-state index < -0.39 is 47.9 Å². The summed E-state index contributed by atoms with van der Waals surface area (Å²) >= 11 is 0. The summed E-state index contributed by atoms with van der Waals surface area (Å²) in [5.41, 5.74) is 12.2. The molecular weight excluding hydrogens is 502 g/mol. The third-order valence-corrected chi connectivity index (χ3v) is 6.37. The van der Waals surface area contributed by atoms with Crippen LogP contribution >= 0.6 is 0 Å². The highest BCUT2D eigenvalue weighted by Gasteiger charge is 2.33. The standard InChI is InChI=1S/C27H45N7O5/c1-5-17(4)22(25(37)32-20(26(38)39)12-9-13-31-27(29)30)34-24(36)21(14-16(2)3)33-23(35)19(28)15-18-10-7-6-8-11-18/h6-8,10-11,16-17,19-22H,5,9,12-15,28H2,1-4H3,(H,32,37)(H,33,35)(H,34,36)(H,38,39)(H4,29,30,31)/t17-,19-,20-,21-,22-/m0/s1. The van der Waals surface area contributed by atoms with Crippen molar-refractivity contribution in [3.63, 3.8) is 0 Å². The molecule has 0 unspecified atom stereocenters. The van der Waals surface area contributed by atoms with Crippen molar-refractivity contribution in [2.24, 2.45) is 23.3 Å². The van der Waals surface area contributed by atoms with Crippen molar-refractivity contribution in [2.75, 3.05) is 6.54 Å². The number of aliphatic carboxylic acids is 1. The number of amides is 3. The van der Waals surface area contributed by atoms with Gasteiger partial charge in [-0.05, 0) is 43.1 Å². The lowest BCUT2D eigenvalue weighted by molar-refractivity contribution is -0.143. The van der Waals surface area contributed by atoms with Crippen LogP contribution in [0.2, 0.25) is 0 Å². The zero-order valence-corrected chi connectivity index (χ0v) is 23.3. The molecule has 12 nitrogen and oxygen atoms in total. The van der Waals surface area contributed by atoms with E-state index >= 15 is 0 Å². The van der Waals surface area contributed by atoms with Gasteiger partial charge in [-0.1, -0.05) is 64.4 Å². The number of carbonyl (C=O) groups is 4. The van der Waals surface area contributed by atoms with Crippen molar-refractivity contribution >= 4 is 29.7 Å². The van der Waals surface area contributed by atoms with Gasteiger partial charge in [0.05, 0.1) is 6.04 Å². The largest absolute Gasteiger partial charge is 0.480 e. The Bertz CT molecular complexity index is 957. The predicted molar refractivity (Wildman–Crippen MR) is 150 cm³/mol. The van der Waals surface area contributed by atoms with Crippen molar-refractivity contribution in [1.82, 2.24) is 21.3 Å². The fourth-order valence-corrected chi connectivity index (χ4v) is 3.95. The molecule has 10 N–H and O–H groups in total. The van der Waals surface area contributed by atoms with Gasteiger partial charge >= 0.3 is 5.97 Å². The molecule has 0 saturated heterocycles. The second-order valence-electron chi connectivity index (χ2n) is 10.2. The Morgan fingerprint density at radius 3 is 2.10 bits per heavy atom. The molecule has 0 aliphatic rings. The van der Waals surface area contributed by atoms with Crippen LogP contribution < -0.4 is 32.7 Å². The number of carboxylic acids is 1. The van der Waals surface area contributed by atoms with Crippen LogP contribution in [0.3, 0.4) is 0 Å². The molecular formula is C27H45N7O5. The minimum Gasteiger partial charge on any atom is -0.480 e. The Kier molecular flexibility index (Phi) is 14.6. The quantitative estimate of drug-likeness (QED) is 0.0777. The number of nitrogens with one attached hydrogen (secondary N) is 5. The lowest BCUT2D eigenvalue weighted by Gasteiger charge is -2.28. The molecule has 0 bridgehead atoms. The van der Waals surface area contributed by atoms with Gasteiger partial charge in [0, 0.05) is 6.54 Å². The highest BCUT2D eigenvalue weighted by atomic mass is 16.4. The van der Waals surface area contributed by atoms with E-state index in [0.29, 0.717) is 25.7 Å². The average molecular weight is 548 g/mol. The fourth-order valence-electron chi connectivity index (χ4n) is 3.95. The molecule has 1 rings (SSSR count). The van der Waals surface area contributed by atoms with E-state index in [4.69, 9.17) is 16.9 Å². The van der Waals surface area contributed by atoms with E-state index in [-0.39, 0.29) is 30.8 Å². The number of benzene rings is 1. The average Bonchev–Trinajstić information content (AvgIpc) is 2.87. The van der Waals surface area contributed by atoms with Gasteiger partial charge in [-0.3, -0.25) is 19.8 Å². The van der Waals surface area contributed by atoms with E-state index in [1.807, 2.05) is 51.1 Å². The molecule has 0 saturated carbocycles. The van der Waals surface area contributed by atoms with Crippen LogP contribution in [0, 0.1) is 17.2 Å². The molecule has 1 aromatic carbocycles. The molecule has 0 aliphatic carbocycles. The lowest BCUT2D eigenvalue weighted by Crippen LogP contribution is -2.59. The van der Waals surface area contributed by atoms with Gasteiger partial charge in [-0.2, -0.15) is 0 Å². The third kappa shape index (κ3) is 12.6. The van der Waals surface area contributed by atoms with Crippen LogP contribution in [0.5, 0.6) is 0 Å². The second kappa shape index (κ2) is 17.0. The highest BCUT2D eigenvalue weighted by molar-refractivity contribution is 5.94. The first-order valence-corrected chi connectivity index (χ1v) is 13.4. The van der Waals surface area contributed by atoms with Crippen molar-refractivity contribution in [2.45, 2.75) is 84.0 Å². The van der Waals surface area contributed by atoms with Crippen LogP contribution in [0.4, 0.5) is 0 Å². The molecule has 0 spiro atoms. The summed E-state index contributed by atoms with van der Waals surface area (Å²) in [7, 11) is 0. The van der Waals surface area contributed by atoms with Crippen molar-refractivity contribution in [1.29, 1.82) is 5.41 Å². The number of carbonyl (C=O) groups excluding carboxylic acids is 3. The molecule has 12 heteroatoms. The molecule has 0 aliphatic heterocycles. The van der Waals surface area contributed by atoms with Gasteiger partial charge in [-0.15, -0.1) is 0 Å². The maximum atomic E-state index is 13.3. The minimum atomic E-state index is -1.21. The Morgan fingerprint density at radius 2 is 1.56 bits per heavy atom. The first kappa shape index (κ1) is 33.4. The summed E-state index contributed by atoms with van der Waals surface area (Å²) in [6, 6.07) is 5.33. The molecule has 0 aromatic heterocycles. The zero-order chi connectivity index (χ0) is 29.5. The molecule has 0 fully saturated rings. The van der Waals surface area contributed by atoms with E-state index in [1.165, 1.54) is 0 Å². The Hall–Kier alpha value is -3.67. The van der Waals surface area contributed by atoms with Crippen LogP contribution in [0.1, 0.15) is 58.9 Å². The van der Waals surface area contributed by atoms with Gasteiger partial charge in [0.25, 0.3) is 0 Å². The van der Waals surface area contributed by atoms with Crippen LogP contribution in [0.25, 0.3) is 0 Å². The van der Waals surface area contributed by atoms with E-state index in [9.17, 15) is 24.3 Å². The van der Waals surface area contributed by atoms with Crippen molar-refractivity contribution in [3.05, 3.63) is 35.9 Å². The summed E-state index contributed by atoms with van der Waals surface area (Å²) in [5.74, 6) is -3.33. The summed E-state index contributed by atoms with van der Waals surface area (Å²) in [6.07, 6.45) is 1.63. The van der Waals surface area contributed by atoms with E-state index in [0.717, 1.165) is 5.56 Å². The predicted octanol–water partition coefficient (Wildman–Crippen LogP) is 0.451. The Morgan fingerprint density at radius 1 is 0.949 bits per heavy atom. The number of rotatable bonds is 17. The van der Waals surface area contributed by atoms with E-state index in [1.54, 1.807) is 6.92 Å². The Balaban J connectivity index is 2.94. The fraction of sp³-hybridized carbons (Fsp3) is 0.593. The monoisotopic (exact) mass is 547 g/mol. The molecule has 218 valence electrons. The SMILES string of the molecule is CC[C@H](C)[C@H](NC(=O)[C@H](CC(C)C)NC(=O)[C@@H](N)Cc1ccccc1)C(=O)N[C@@H](CCCNC(=N)N)C(=O)O. The maximum Gasteiger partial charge on any atom is 0.326 e. The summed E-state index contributed by atoms with van der Waals surface area (Å²) < 4.78 is 0. The first-order chi connectivity index (χ1) is 18.3. The molecule has 0 heterocycles. The van der Waals surface area contributed by atoms with Crippen molar-refractivity contribution in [3.8, 4) is 0 Å². The van der Waals surface area contributed by atoms with E-state index in [2.05, 4.69) is 21.3 Å². The van der Waals surface area contributed by atoms with Crippen LogP contribution in [-0.2, 0) is 25.6 Å². The summed E-state index contributed by atoms with van der Waals surface area (Å²) in [4.78, 5) is 51.1. The molecule has 39 heavy (non-hydrogen) atoms. The van der Waals surface area contributed by atoms with Crippen molar-refractivity contribution < 1.29 is 24.3 Å². The van der Waals surface area contributed by atoms with Crippen LogP contribution in [-0.4, -0.2) is 65.5 Å². The number of carboxylic acid groups (broad SMARTS) is 1. The lowest BCUT2D eigenvalue weighted by atomic mass is 9.96. The smallest absolute Gasteiger partial charge is 0.326 e. The topological polar surface area (TPSA) is 213 Å². The molecule has 0 radical (unpaired) electrons. The molecule has 3 amide bonds. The second-order valence-corrected chi connectivity index (χ2v) is 10.2. The van der Waals surface area contributed by atoms with Crippen LogP contribution in [0.15, 0.2) is 30.3 Å². The Labute approximate surface area is 230 Å². The third-order valence-electron chi connectivity index (χ3n) is 6.37. The minimum absolute atomic E-state index is 0.0577. The maximum absolute atomic E-state index is 13.3. The highest BCUT2D eigenvalue weighted by Crippen LogP contribution is 2.12. The summed E-state index contributed by atoms with van der Waals surface area (Å²) in [6.45, 7) is 7.74. The zero-order valence-electron chi connectivity index (χ0n) is 23.3. The van der Waals surface area contributed by atoms with Gasteiger partial charge in [0.15, 0.2) is 5.96 Å². The van der Waals surface area contributed by atoms with Gasteiger partial charge in [0.1, 0.15) is 18.1 Å². The number of hydrogen-bond donors (Lipinski definition) is 8. The normalized spacial score (nSPS) is 14.8. The number of nitrogens with two attached hydrogens (primary N) is 2. The number of guanidine groups is 1. The van der Waals surface area contributed by atoms with Gasteiger partial charge in [-0.25, -0.2) is 4.79 Å². The van der Waals surface area contributed by atoms with Gasteiger partial charge in [0.2, 0.25) is 17.7 Å². The number of hydrogen-bond acceptors (Lipinski definition) is 6. The first-order valence-electron chi connectivity index (χ1n) is 13.4. The molecule has 5 atom stereocenters. The van der Waals surface area contributed by atoms with Gasteiger partial charge < -0.3 is 37.8 Å².